The van der Waals surface area contributed by atoms with Gasteiger partial charge in [0.1, 0.15) is 0 Å². The van der Waals surface area contributed by atoms with E-state index in [0.29, 0.717) is 12.3 Å². The van der Waals surface area contributed by atoms with Gasteiger partial charge < -0.3 is 9.64 Å². The first kappa shape index (κ1) is 23.7. The molecule has 1 unspecified atom stereocenters. The highest BCUT2D eigenvalue weighted by molar-refractivity contribution is 5.92. The maximum Gasteiger partial charge on any atom is 0.416 e. The van der Waals surface area contributed by atoms with Gasteiger partial charge in [0.2, 0.25) is 5.43 Å². The number of hydrogen-bond donors (Lipinski definition) is 0. The lowest BCUT2D eigenvalue weighted by Gasteiger charge is -2.25. The second kappa shape index (κ2) is 9.80. The van der Waals surface area contributed by atoms with Crippen molar-refractivity contribution in [1.82, 2.24) is 14.7 Å². The van der Waals surface area contributed by atoms with Gasteiger partial charge in [-0.2, -0.15) is 18.3 Å². The fourth-order valence-corrected chi connectivity index (χ4v) is 3.98. The van der Waals surface area contributed by atoms with Crippen LogP contribution in [-0.4, -0.2) is 39.8 Å². The van der Waals surface area contributed by atoms with Crippen LogP contribution >= 0.6 is 0 Å². The zero-order valence-electron chi connectivity index (χ0n) is 18.6. The summed E-state index contributed by atoms with van der Waals surface area (Å²) in [5.41, 5.74) is -0.487. The summed E-state index contributed by atoms with van der Waals surface area (Å²) in [6.07, 6.45) is -2.99. The molecule has 4 rings (SSSR count). The lowest BCUT2D eigenvalue weighted by atomic mass is 10.1. The van der Waals surface area contributed by atoms with Crippen LogP contribution in [0.15, 0.2) is 65.5 Å². The second-order valence-corrected chi connectivity index (χ2v) is 8.26. The van der Waals surface area contributed by atoms with Crippen LogP contribution in [0.5, 0.6) is 0 Å². The van der Waals surface area contributed by atoms with Crippen LogP contribution in [0.4, 0.5) is 13.2 Å². The molecule has 178 valence electrons. The number of carbonyl (C=O) groups excluding carboxylic acids is 1. The normalized spacial score (nSPS) is 15.9. The van der Waals surface area contributed by atoms with E-state index in [2.05, 4.69) is 5.10 Å². The first-order valence-electron chi connectivity index (χ1n) is 11.0. The number of alkyl halides is 3. The summed E-state index contributed by atoms with van der Waals surface area (Å²) >= 11 is 0. The number of ether oxygens (including phenoxy) is 1. The summed E-state index contributed by atoms with van der Waals surface area (Å²) < 4.78 is 46.5. The van der Waals surface area contributed by atoms with E-state index in [0.717, 1.165) is 30.5 Å². The van der Waals surface area contributed by atoms with Crippen molar-refractivity contribution in [3.05, 3.63) is 93.4 Å². The minimum atomic E-state index is -4.53. The first-order chi connectivity index (χ1) is 16.2. The van der Waals surface area contributed by atoms with Crippen LogP contribution in [0.25, 0.3) is 5.69 Å². The van der Waals surface area contributed by atoms with Crippen molar-refractivity contribution in [2.45, 2.75) is 38.6 Å². The highest BCUT2D eigenvalue weighted by atomic mass is 19.4. The maximum absolute atomic E-state index is 13.5. The number of nitrogens with zero attached hydrogens (tertiary/aromatic N) is 3. The predicted octanol–water partition coefficient (Wildman–Crippen LogP) is 4.38. The lowest BCUT2D eigenvalue weighted by molar-refractivity contribution is -0.137. The van der Waals surface area contributed by atoms with Gasteiger partial charge in [-0.25, -0.2) is 4.68 Å². The molecule has 0 saturated carbocycles. The van der Waals surface area contributed by atoms with E-state index >= 15 is 0 Å². The Hall–Kier alpha value is -3.46. The molecule has 2 heterocycles. The van der Waals surface area contributed by atoms with Crippen molar-refractivity contribution < 1.29 is 22.7 Å². The molecule has 0 radical (unpaired) electrons. The van der Waals surface area contributed by atoms with Crippen molar-refractivity contribution in [1.29, 1.82) is 0 Å². The van der Waals surface area contributed by atoms with Crippen LogP contribution in [0.2, 0.25) is 0 Å². The number of aromatic nitrogens is 2. The Morgan fingerprint density at radius 3 is 2.59 bits per heavy atom. The van der Waals surface area contributed by atoms with Gasteiger partial charge >= 0.3 is 6.18 Å². The number of hydrogen-bond acceptors (Lipinski definition) is 4. The Bertz CT molecular complexity index is 1220. The summed E-state index contributed by atoms with van der Waals surface area (Å²) in [5.74, 6) is -0.593. The molecule has 1 atom stereocenters. The number of amides is 1. The molecule has 1 amide bonds. The molecule has 1 aromatic heterocycles. The predicted molar refractivity (Wildman–Crippen MR) is 120 cm³/mol. The molecule has 0 spiro atoms. The Morgan fingerprint density at radius 2 is 1.91 bits per heavy atom. The summed E-state index contributed by atoms with van der Waals surface area (Å²) in [6.45, 7) is 2.70. The highest BCUT2D eigenvalue weighted by Crippen LogP contribution is 2.30. The largest absolute Gasteiger partial charge is 0.416 e. The van der Waals surface area contributed by atoms with Crippen molar-refractivity contribution in [3.63, 3.8) is 0 Å². The molecule has 1 saturated heterocycles. The Kier molecular flexibility index (Phi) is 6.83. The monoisotopic (exact) mass is 471 g/mol. The zero-order valence-corrected chi connectivity index (χ0v) is 18.6. The number of halogens is 3. The van der Waals surface area contributed by atoms with Gasteiger partial charge in [-0.05, 0) is 43.5 Å². The molecular formula is C25H24F3N3O3. The molecule has 34 heavy (non-hydrogen) atoms. The van der Waals surface area contributed by atoms with Crippen LogP contribution in [0.3, 0.4) is 0 Å². The molecule has 2 aromatic carbocycles. The summed E-state index contributed by atoms with van der Waals surface area (Å²) in [5, 5.41) is 4.21. The van der Waals surface area contributed by atoms with Crippen molar-refractivity contribution in [2.75, 3.05) is 13.2 Å². The topological polar surface area (TPSA) is 64.4 Å². The van der Waals surface area contributed by atoms with Gasteiger partial charge in [-0.3, -0.25) is 9.59 Å². The molecule has 1 aliphatic heterocycles. The summed E-state index contributed by atoms with van der Waals surface area (Å²) in [7, 11) is 0. The first-order valence-corrected chi connectivity index (χ1v) is 11.0. The third-order valence-corrected chi connectivity index (χ3v) is 5.68. The fourth-order valence-electron chi connectivity index (χ4n) is 3.98. The molecule has 1 fully saturated rings. The molecule has 0 aliphatic carbocycles. The van der Waals surface area contributed by atoms with Crippen LogP contribution in [0, 0.1) is 6.92 Å². The third-order valence-electron chi connectivity index (χ3n) is 5.68. The molecule has 0 N–H and O–H groups in total. The number of aryl methyl sites for hydroxylation is 1. The molecule has 3 aromatic rings. The minimum Gasteiger partial charge on any atom is -0.376 e. The molecule has 6 nitrogen and oxygen atoms in total. The quantitative estimate of drug-likeness (QED) is 0.535. The Labute approximate surface area is 194 Å². The fraction of sp³-hybridized carbons (Fsp3) is 0.320. The molecule has 0 bridgehead atoms. The Balaban J connectivity index is 1.71. The van der Waals surface area contributed by atoms with Crippen LogP contribution in [0.1, 0.15) is 40.2 Å². The van der Waals surface area contributed by atoms with E-state index in [9.17, 15) is 22.8 Å². The van der Waals surface area contributed by atoms with Gasteiger partial charge in [-0.1, -0.05) is 36.4 Å². The standard InChI is InChI=1S/C25H24F3N3O3/c1-17-13-22(32)23(29-31(17)20-10-5-9-19(14-20)25(26,27)28)24(33)30(16-21-11-6-12-34-21)15-18-7-3-2-4-8-18/h2-5,7-10,13-14,21H,6,11-12,15-16H2,1H3. The van der Waals surface area contributed by atoms with Crippen LogP contribution in [-0.2, 0) is 17.5 Å². The average molecular weight is 471 g/mol. The SMILES string of the molecule is Cc1cc(=O)c(C(=O)N(Cc2ccccc2)CC2CCCO2)nn1-c1cccc(C(F)(F)F)c1. The Morgan fingerprint density at radius 1 is 1.15 bits per heavy atom. The van der Waals surface area contributed by atoms with Gasteiger partial charge in [0.25, 0.3) is 5.91 Å². The number of carbonyl (C=O) groups is 1. The average Bonchev–Trinajstić information content (AvgIpc) is 3.32. The smallest absolute Gasteiger partial charge is 0.376 e. The lowest BCUT2D eigenvalue weighted by Crippen LogP contribution is -2.40. The summed E-state index contributed by atoms with van der Waals surface area (Å²) in [6, 6.07) is 15.1. The minimum absolute atomic E-state index is 0.107. The second-order valence-electron chi connectivity index (χ2n) is 8.26. The third kappa shape index (κ3) is 5.36. The molecular weight excluding hydrogens is 447 g/mol. The summed E-state index contributed by atoms with van der Waals surface area (Å²) in [4.78, 5) is 27.8. The number of rotatable bonds is 6. The van der Waals surface area contributed by atoms with E-state index in [-0.39, 0.29) is 30.6 Å². The van der Waals surface area contributed by atoms with Gasteiger partial charge in [0.15, 0.2) is 5.69 Å². The van der Waals surface area contributed by atoms with Gasteiger partial charge in [-0.15, -0.1) is 0 Å². The number of benzene rings is 2. The van der Waals surface area contributed by atoms with Gasteiger partial charge in [0.05, 0.1) is 17.4 Å². The van der Waals surface area contributed by atoms with E-state index in [1.165, 1.54) is 27.8 Å². The maximum atomic E-state index is 13.5. The van der Waals surface area contributed by atoms with Gasteiger partial charge in [0, 0.05) is 31.5 Å². The highest BCUT2D eigenvalue weighted by Gasteiger charge is 2.31. The zero-order chi connectivity index (χ0) is 24.3. The molecule has 9 heteroatoms. The van der Waals surface area contributed by atoms with Crippen molar-refractivity contribution >= 4 is 5.91 Å². The van der Waals surface area contributed by atoms with E-state index < -0.39 is 23.1 Å². The van der Waals surface area contributed by atoms with E-state index in [4.69, 9.17) is 4.74 Å². The van der Waals surface area contributed by atoms with Crippen molar-refractivity contribution in [3.8, 4) is 5.69 Å². The molecule has 1 aliphatic rings. The van der Waals surface area contributed by atoms with Crippen molar-refractivity contribution in [2.24, 2.45) is 0 Å². The van der Waals surface area contributed by atoms with E-state index in [1.54, 1.807) is 6.92 Å². The van der Waals surface area contributed by atoms with E-state index in [1.807, 2.05) is 30.3 Å². The van der Waals surface area contributed by atoms with Crippen LogP contribution < -0.4 is 5.43 Å².